The fourth-order valence-corrected chi connectivity index (χ4v) is 3.28. The Morgan fingerprint density at radius 1 is 1.21 bits per heavy atom. The van der Waals surface area contributed by atoms with E-state index in [2.05, 4.69) is 9.71 Å². The van der Waals surface area contributed by atoms with Crippen LogP contribution in [0.4, 0.5) is 18.9 Å². The first kappa shape index (κ1) is 13.8. The fraction of sp³-hybridized carbons (Fsp3) is 0.100. The van der Waals surface area contributed by atoms with E-state index in [9.17, 15) is 21.6 Å². The molecular weight excluding hydrogens is 301 g/mol. The van der Waals surface area contributed by atoms with Crippen LogP contribution in [0.5, 0.6) is 0 Å². The highest BCUT2D eigenvalue weighted by molar-refractivity contribution is 7.94. The molecule has 0 saturated carbocycles. The fourth-order valence-electron chi connectivity index (χ4n) is 1.24. The van der Waals surface area contributed by atoms with E-state index in [0.717, 1.165) is 23.6 Å². The van der Waals surface area contributed by atoms with E-state index < -0.39 is 21.9 Å². The number of thiophene rings is 1. The second-order valence-corrected chi connectivity index (χ2v) is 6.32. The molecule has 2 heterocycles. The van der Waals surface area contributed by atoms with Crippen LogP contribution in [0.3, 0.4) is 0 Å². The van der Waals surface area contributed by atoms with Crippen molar-refractivity contribution in [2.75, 3.05) is 4.72 Å². The molecule has 0 amide bonds. The van der Waals surface area contributed by atoms with Gasteiger partial charge in [0.15, 0.2) is 0 Å². The molecule has 19 heavy (non-hydrogen) atoms. The first-order chi connectivity index (χ1) is 8.79. The van der Waals surface area contributed by atoms with Crippen molar-refractivity contribution in [1.29, 1.82) is 0 Å². The number of nitrogens with zero attached hydrogens (tertiary/aromatic N) is 1. The summed E-state index contributed by atoms with van der Waals surface area (Å²) in [5, 5.41) is 1.58. The topological polar surface area (TPSA) is 59.1 Å². The number of pyridine rings is 1. The SMILES string of the molecule is O=S(=O)(Nc1ccc(C(F)(F)F)nc1)c1cccs1. The molecule has 102 valence electrons. The van der Waals surface area contributed by atoms with Crippen molar-refractivity contribution in [3.63, 3.8) is 0 Å². The third-order valence-electron chi connectivity index (χ3n) is 2.07. The monoisotopic (exact) mass is 308 g/mol. The van der Waals surface area contributed by atoms with Crippen molar-refractivity contribution in [3.05, 3.63) is 41.5 Å². The summed E-state index contributed by atoms with van der Waals surface area (Å²) >= 11 is 1.01. The Labute approximate surface area is 111 Å². The normalized spacial score (nSPS) is 12.4. The van der Waals surface area contributed by atoms with Gasteiger partial charge in [-0.15, -0.1) is 11.3 Å². The van der Waals surface area contributed by atoms with Crippen LogP contribution in [-0.2, 0) is 16.2 Å². The van der Waals surface area contributed by atoms with Crippen LogP contribution >= 0.6 is 11.3 Å². The maximum atomic E-state index is 12.3. The first-order valence-corrected chi connectivity index (χ1v) is 7.25. The number of alkyl halides is 3. The third-order valence-corrected chi connectivity index (χ3v) is 4.84. The lowest BCUT2D eigenvalue weighted by Crippen LogP contribution is -2.13. The predicted molar refractivity (Wildman–Crippen MR) is 64.4 cm³/mol. The van der Waals surface area contributed by atoms with Crippen molar-refractivity contribution in [3.8, 4) is 0 Å². The van der Waals surface area contributed by atoms with Gasteiger partial charge < -0.3 is 0 Å². The summed E-state index contributed by atoms with van der Waals surface area (Å²) in [5.41, 5.74) is -1.10. The van der Waals surface area contributed by atoms with Crippen LogP contribution in [0.15, 0.2) is 40.1 Å². The second-order valence-electron chi connectivity index (χ2n) is 3.47. The van der Waals surface area contributed by atoms with Crippen LogP contribution < -0.4 is 4.72 Å². The number of aromatic nitrogens is 1. The molecule has 2 aromatic rings. The minimum atomic E-state index is -4.55. The average Bonchev–Trinajstić information content (AvgIpc) is 2.82. The van der Waals surface area contributed by atoms with E-state index in [-0.39, 0.29) is 9.90 Å². The smallest absolute Gasteiger partial charge is 0.277 e. The summed E-state index contributed by atoms with van der Waals surface area (Å²) in [4.78, 5) is 3.17. The molecule has 0 aromatic carbocycles. The molecule has 4 nitrogen and oxygen atoms in total. The Morgan fingerprint density at radius 2 is 1.95 bits per heavy atom. The van der Waals surface area contributed by atoms with Crippen molar-refractivity contribution >= 4 is 27.0 Å². The van der Waals surface area contributed by atoms with E-state index in [0.29, 0.717) is 6.07 Å². The Morgan fingerprint density at radius 3 is 2.42 bits per heavy atom. The molecule has 0 bridgehead atoms. The van der Waals surface area contributed by atoms with Crippen molar-refractivity contribution in [1.82, 2.24) is 4.98 Å². The molecule has 0 fully saturated rings. The van der Waals surface area contributed by atoms with Gasteiger partial charge in [0.2, 0.25) is 0 Å². The molecule has 2 rings (SSSR count). The van der Waals surface area contributed by atoms with E-state index in [4.69, 9.17) is 0 Å². The van der Waals surface area contributed by atoms with Crippen LogP contribution in [0.2, 0.25) is 0 Å². The Bertz CT molecular complexity index is 649. The lowest BCUT2D eigenvalue weighted by molar-refractivity contribution is -0.141. The van der Waals surface area contributed by atoms with Gasteiger partial charge in [-0.25, -0.2) is 13.4 Å². The van der Waals surface area contributed by atoms with Crippen LogP contribution in [0.25, 0.3) is 0 Å². The van der Waals surface area contributed by atoms with Crippen LogP contribution in [0.1, 0.15) is 5.69 Å². The highest BCUT2D eigenvalue weighted by Crippen LogP contribution is 2.28. The number of hydrogen-bond acceptors (Lipinski definition) is 4. The second kappa shape index (κ2) is 4.82. The van der Waals surface area contributed by atoms with E-state index in [1.54, 1.807) is 11.4 Å². The highest BCUT2D eigenvalue weighted by atomic mass is 32.2. The minimum absolute atomic E-state index is 0.0265. The van der Waals surface area contributed by atoms with Gasteiger partial charge in [0, 0.05) is 0 Å². The Hall–Kier alpha value is -1.61. The lowest BCUT2D eigenvalue weighted by atomic mass is 10.3. The van der Waals surface area contributed by atoms with Gasteiger partial charge in [0.25, 0.3) is 10.0 Å². The number of rotatable bonds is 3. The number of sulfonamides is 1. The van der Waals surface area contributed by atoms with Gasteiger partial charge in [-0.1, -0.05) is 6.07 Å². The standard InChI is InChI=1S/C10H7F3N2O2S2/c11-10(12,13)8-4-3-7(6-14-8)15-19(16,17)9-2-1-5-18-9/h1-6,15H. The molecule has 0 aliphatic heterocycles. The summed E-state index contributed by atoms with van der Waals surface area (Å²) in [6.07, 6.45) is -3.72. The molecular formula is C10H7F3N2O2S2. The summed E-state index contributed by atoms with van der Waals surface area (Å²) in [7, 11) is -3.77. The van der Waals surface area contributed by atoms with Crippen LogP contribution in [0, 0.1) is 0 Å². The Kier molecular flexibility index (Phi) is 3.50. The van der Waals surface area contributed by atoms with E-state index >= 15 is 0 Å². The van der Waals surface area contributed by atoms with Crippen LogP contribution in [-0.4, -0.2) is 13.4 Å². The zero-order valence-corrected chi connectivity index (χ0v) is 10.8. The first-order valence-electron chi connectivity index (χ1n) is 4.88. The van der Waals surface area contributed by atoms with Crippen molar-refractivity contribution < 1.29 is 21.6 Å². The number of hydrogen-bond donors (Lipinski definition) is 1. The zero-order chi connectivity index (χ0) is 14.1. The summed E-state index contributed by atoms with van der Waals surface area (Å²) in [5.74, 6) is 0. The lowest BCUT2D eigenvalue weighted by Gasteiger charge is -2.08. The number of anilines is 1. The third kappa shape index (κ3) is 3.24. The van der Waals surface area contributed by atoms with Gasteiger partial charge in [0.1, 0.15) is 9.90 Å². The number of halogens is 3. The maximum absolute atomic E-state index is 12.3. The predicted octanol–water partition coefficient (Wildman–Crippen LogP) is 2.96. The molecule has 2 aromatic heterocycles. The van der Waals surface area contributed by atoms with Gasteiger partial charge in [0.05, 0.1) is 11.9 Å². The maximum Gasteiger partial charge on any atom is 0.433 e. The summed E-state index contributed by atoms with van der Waals surface area (Å²) < 4.78 is 62.7. The molecule has 0 spiro atoms. The molecule has 1 N–H and O–H groups in total. The van der Waals surface area contributed by atoms with E-state index in [1.165, 1.54) is 6.07 Å². The highest BCUT2D eigenvalue weighted by Gasteiger charge is 2.32. The molecule has 0 aliphatic rings. The molecule has 0 atom stereocenters. The Balaban J connectivity index is 2.21. The van der Waals surface area contributed by atoms with Crippen molar-refractivity contribution in [2.24, 2.45) is 0 Å². The molecule has 0 unspecified atom stereocenters. The molecule has 0 aliphatic carbocycles. The van der Waals surface area contributed by atoms with Gasteiger partial charge >= 0.3 is 6.18 Å². The van der Waals surface area contributed by atoms with Gasteiger partial charge in [-0.2, -0.15) is 13.2 Å². The summed E-state index contributed by atoms with van der Waals surface area (Å²) in [6.45, 7) is 0. The molecule has 9 heteroatoms. The zero-order valence-electron chi connectivity index (χ0n) is 9.18. The van der Waals surface area contributed by atoms with E-state index in [1.807, 2.05) is 0 Å². The number of nitrogens with one attached hydrogen (secondary N) is 1. The minimum Gasteiger partial charge on any atom is -0.277 e. The largest absolute Gasteiger partial charge is 0.433 e. The average molecular weight is 308 g/mol. The van der Waals surface area contributed by atoms with Crippen molar-refractivity contribution in [2.45, 2.75) is 10.4 Å². The molecule has 0 saturated heterocycles. The summed E-state index contributed by atoms with van der Waals surface area (Å²) in [6, 6.07) is 4.68. The molecule has 0 radical (unpaired) electrons. The quantitative estimate of drug-likeness (QED) is 0.948. The van der Waals surface area contributed by atoms with Gasteiger partial charge in [-0.05, 0) is 23.6 Å². The van der Waals surface area contributed by atoms with Gasteiger partial charge in [-0.3, -0.25) is 4.72 Å².